The van der Waals surface area contributed by atoms with Gasteiger partial charge in [0.05, 0.1) is 0 Å². The summed E-state index contributed by atoms with van der Waals surface area (Å²) in [5.41, 5.74) is 0. The minimum absolute atomic E-state index is 0.288. The first-order valence-corrected chi connectivity index (χ1v) is 5.35. The van der Waals surface area contributed by atoms with Gasteiger partial charge in [0, 0.05) is 26.4 Å². The zero-order valence-electron chi connectivity index (χ0n) is 9.48. The quantitative estimate of drug-likeness (QED) is 0.719. The van der Waals surface area contributed by atoms with Gasteiger partial charge in [0.15, 0.2) is 0 Å². The summed E-state index contributed by atoms with van der Waals surface area (Å²) in [7, 11) is 2.03. The molecule has 4 nitrogen and oxygen atoms in total. The molecule has 0 fully saturated rings. The van der Waals surface area contributed by atoms with Crippen molar-refractivity contribution in [3.05, 3.63) is 18.1 Å². The summed E-state index contributed by atoms with van der Waals surface area (Å²) in [5.74, 6) is 1.77. The van der Waals surface area contributed by atoms with E-state index in [4.69, 9.17) is 5.11 Å². The summed E-state index contributed by atoms with van der Waals surface area (Å²) < 4.78 is 0. The second-order valence-corrected chi connectivity index (χ2v) is 3.67. The molecule has 0 saturated carbocycles. The molecule has 0 radical (unpaired) electrons. The van der Waals surface area contributed by atoms with Crippen molar-refractivity contribution in [2.75, 3.05) is 25.1 Å². The largest absolute Gasteiger partial charge is 0.396 e. The molecule has 0 spiro atoms. The number of aliphatic hydroxyl groups is 1. The van der Waals surface area contributed by atoms with Gasteiger partial charge < -0.3 is 10.0 Å². The number of rotatable bonds is 6. The third-order valence-corrected chi connectivity index (χ3v) is 2.30. The highest BCUT2D eigenvalue weighted by Crippen LogP contribution is 2.08. The Morgan fingerprint density at radius 2 is 2.13 bits per heavy atom. The van der Waals surface area contributed by atoms with E-state index < -0.39 is 0 Å². The molecule has 0 saturated heterocycles. The lowest BCUT2D eigenvalue weighted by atomic mass is 10.2. The molecule has 0 aliphatic rings. The van der Waals surface area contributed by atoms with Gasteiger partial charge in [-0.1, -0.05) is 0 Å². The number of aromatic nitrogens is 2. The maximum Gasteiger partial charge on any atom is 0.131 e. The van der Waals surface area contributed by atoms with Gasteiger partial charge in [0.25, 0.3) is 0 Å². The molecule has 4 heteroatoms. The first-order valence-electron chi connectivity index (χ1n) is 5.35. The third kappa shape index (κ3) is 4.25. The van der Waals surface area contributed by atoms with E-state index in [-0.39, 0.29) is 6.61 Å². The summed E-state index contributed by atoms with van der Waals surface area (Å²) in [4.78, 5) is 10.5. The first-order chi connectivity index (χ1) is 7.24. The third-order valence-electron chi connectivity index (χ3n) is 2.30. The maximum absolute atomic E-state index is 8.65. The first kappa shape index (κ1) is 11.9. The Morgan fingerprint density at radius 1 is 1.33 bits per heavy atom. The minimum atomic E-state index is 0.288. The molecule has 1 rings (SSSR count). The molecule has 0 aliphatic carbocycles. The summed E-state index contributed by atoms with van der Waals surface area (Å²) >= 11 is 0. The maximum atomic E-state index is 8.65. The van der Waals surface area contributed by atoms with Crippen LogP contribution in [-0.4, -0.2) is 35.3 Å². The summed E-state index contributed by atoms with van der Waals surface area (Å²) in [6.07, 6.45) is 4.81. The standard InChI is InChI=1S/C11H19N3O/c1-10-12-7-6-11(13-10)14(2)8-4-3-5-9-15/h6-7,15H,3-5,8-9H2,1-2H3. The van der Waals surface area contributed by atoms with Crippen molar-refractivity contribution in [1.82, 2.24) is 9.97 Å². The normalized spacial score (nSPS) is 10.3. The average molecular weight is 209 g/mol. The Kier molecular flexibility index (Phi) is 5.04. The topological polar surface area (TPSA) is 49.2 Å². The van der Waals surface area contributed by atoms with Crippen LogP contribution >= 0.6 is 0 Å². The molecule has 1 aromatic heterocycles. The van der Waals surface area contributed by atoms with Crippen molar-refractivity contribution in [2.45, 2.75) is 26.2 Å². The fourth-order valence-corrected chi connectivity index (χ4v) is 1.41. The van der Waals surface area contributed by atoms with Gasteiger partial charge in [0.1, 0.15) is 11.6 Å². The molecule has 0 bridgehead atoms. The lowest BCUT2D eigenvalue weighted by molar-refractivity contribution is 0.283. The van der Waals surface area contributed by atoms with Gasteiger partial charge in [-0.2, -0.15) is 0 Å². The summed E-state index contributed by atoms with van der Waals surface area (Å²) in [6.45, 7) is 3.15. The van der Waals surface area contributed by atoms with E-state index in [2.05, 4.69) is 14.9 Å². The van der Waals surface area contributed by atoms with Gasteiger partial charge >= 0.3 is 0 Å². The van der Waals surface area contributed by atoms with Crippen molar-refractivity contribution in [2.24, 2.45) is 0 Å². The van der Waals surface area contributed by atoms with E-state index in [0.717, 1.165) is 37.4 Å². The molecule has 1 N–H and O–H groups in total. The van der Waals surface area contributed by atoms with Gasteiger partial charge in [-0.05, 0) is 32.3 Å². The van der Waals surface area contributed by atoms with Gasteiger partial charge in [-0.15, -0.1) is 0 Å². The molecule has 0 atom stereocenters. The van der Waals surface area contributed by atoms with Gasteiger partial charge in [-0.25, -0.2) is 9.97 Å². The van der Waals surface area contributed by atoms with E-state index in [0.29, 0.717) is 0 Å². The van der Waals surface area contributed by atoms with E-state index in [9.17, 15) is 0 Å². The molecule has 0 amide bonds. The van der Waals surface area contributed by atoms with E-state index in [1.54, 1.807) is 6.20 Å². The smallest absolute Gasteiger partial charge is 0.131 e. The van der Waals surface area contributed by atoms with E-state index in [1.807, 2.05) is 20.0 Å². The lowest BCUT2D eigenvalue weighted by Crippen LogP contribution is -2.20. The molecule has 0 unspecified atom stereocenters. The molecule has 15 heavy (non-hydrogen) atoms. The molecular weight excluding hydrogens is 190 g/mol. The molecular formula is C11H19N3O. The Hall–Kier alpha value is -1.16. The molecule has 0 aromatic carbocycles. The van der Waals surface area contributed by atoms with E-state index >= 15 is 0 Å². The fourth-order valence-electron chi connectivity index (χ4n) is 1.41. The highest BCUT2D eigenvalue weighted by atomic mass is 16.2. The highest BCUT2D eigenvalue weighted by molar-refractivity contribution is 5.35. The van der Waals surface area contributed by atoms with Crippen LogP contribution in [-0.2, 0) is 0 Å². The Labute approximate surface area is 91.0 Å². The van der Waals surface area contributed by atoms with Crippen LogP contribution in [0, 0.1) is 6.92 Å². The second kappa shape index (κ2) is 6.35. The average Bonchev–Trinajstić information content (AvgIpc) is 2.24. The lowest BCUT2D eigenvalue weighted by Gasteiger charge is -2.17. The number of aliphatic hydroxyl groups excluding tert-OH is 1. The number of nitrogens with zero attached hydrogens (tertiary/aromatic N) is 3. The van der Waals surface area contributed by atoms with Gasteiger partial charge in [0.2, 0.25) is 0 Å². The predicted molar refractivity (Wildman–Crippen MR) is 61.0 cm³/mol. The molecule has 84 valence electrons. The SMILES string of the molecule is Cc1nccc(N(C)CCCCCO)n1. The summed E-state index contributed by atoms with van der Waals surface area (Å²) in [5, 5.41) is 8.65. The van der Waals surface area contributed by atoms with Crippen LogP contribution in [0.1, 0.15) is 25.1 Å². The Bertz CT molecular complexity index is 291. The fraction of sp³-hybridized carbons (Fsp3) is 0.636. The van der Waals surface area contributed by atoms with Crippen molar-refractivity contribution >= 4 is 5.82 Å². The van der Waals surface area contributed by atoms with Crippen LogP contribution in [0.4, 0.5) is 5.82 Å². The second-order valence-electron chi connectivity index (χ2n) is 3.67. The minimum Gasteiger partial charge on any atom is -0.396 e. The number of unbranched alkanes of at least 4 members (excludes halogenated alkanes) is 2. The number of hydrogen-bond acceptors (Lipinski definition) is 4. The van der Waals surface area contributed by atoms with E-state index in [1.165, 1.54) is 0 Å². The van der Waals surface area contributed by atoms with Crippen LogP contribution in [0.2, 0.25) is 0 Å². The van der Waals surface area contributed by atoms with Crippen molar-refractivity contribution < 1.29 is 5.11 Å². The van der Waals surface area contributed by atoms with Gasteiger partial charge in [-0.3, -0.25) is 0 Å². The summed E-state index contributed by atoms with van der Waals surface area (Å²) in [6, 6.07) is 1.92. The molecule has 0 aliphatic heterocycles. The van der Waals surface area contributed by atoms with Crippen molar-refractivity contribution in [3.63, 3.8) is 0 Å². The number of aryl methyl sites for hydroxylation is 1. The van der Waals surface area contributed by atoms with Crippen LogP contribution < -0.4 is 4.90 Å². The van der Waals surface area contributed by atoms with Crippen LogP contribution in [0.3, 0.4) is 0 Å². The molecule has 1 heterocycles. The van der Waals surface area contributed by atoms with Crippen LogP contribution in [0.5, 0.6) is 0 Å². The molecule has 1 aromatic rings. The zero-order chi connectivity index (χ0) is 11.1. The predicted octanol–water partition coefficient (Wildman–Crippen LogP) is 1.38. The van der Waals surface area contributed by atoms with Crippen LogP contribution in [0.25, 0.3) is 0 Å². The zero-order valence-corrected chi connectivity index (χ0v) is 9.48. The van der Waals surface area contributed by atoms with Crippen molar-refractivity contribution in [1.29, 1.82) is 0 Å². The Morgan fingerprint density at radius 3 is 2.80 bits per heavy atom. The Balaban J connectivity index is 2.36. The monoisotopic (exact) mass is 209 g/mol. The number of anilines is 1. The highest BCUT2D eigenvalue weighted by Gasteiger charge is 2.01. The van der Waals surface area contributed by atoms with Crippen molar-refractivity contribution in [3.8, 4) is 0 Å². The van der Waals surface area contributed by atoms with Crippen LogP contribution in [0.15, 0.2) is 12.3 Å². The number of hydrogen-bond donors (Lipinski definition) is 1.